The zero-order valence-corrected chi connectivity index (χ0v) is 12.5. The van der Waals surface area contributed by atoms with Crippen LogP contribution in [-0.2, 0) is 6.54 Å². The number of benzene rings is 1. The van der Waals surface area contributed by atoms with Crippen LogP contribution < -0.4 is 11.1 Å². The average molecular weight is 285 g/mol. The molecule has 5 heteroatoms. The summed E-state index contributed by atoms with van der Waals surface area (Å²) in [6.45, 7) is 4.12. The normalized spacial score (nSPS) is 16.7. The molecule has 1 aliphatic heterocycles. The summed E-state index contributed by atoms with van der Waals surface area (Å²) in [5, 5.41) is 4.34. The molecule has 3 N–H and O–H groups in total. The lowest BCUT2D eigenvalue weighted by Gasteiger charge is -2.27. The highest BCUT2D eigenvalue weighted by Gasteiger charge is 2.16. The van der Waals surface area contributed by atoms with E-state index in [2.05, 4.69) is 27.2 Å². The van der Waals surface area contributed by atoms with Crippen LogP contribution in [-0.4, -0.2) is 41.5 Å². The van der Waals surface area contributed by atoms with E-state index in [1.165, 1.54) is 12.8 Å². The van der Waals surface area contributed by atoms with Crippen LogP contribution in [0.15, 0.2) is 24.3 Å². The van der Waals surface area contributed by atoms with Crippen LogP contribution in [0.4, 0.5) is 5.82 Å². The van der Waals surface area contributed by atoms with Gasteiger partial charge in [-0.1, -0.05) is 12.1 Å². The first-order valence-corrected chi connectivity index (χ1v) is 7.63. The van der Waals surface area contributed by atoms with Crippen molar-refractivity contribution >= 4 is 16.7 Å². The molecule has 0 atom stereocenters. The standard InChI is InChI=1S/C16H23N5/c1-21(10-12-6-8-18-9-7-12)11-15-19-14-5-3-2-4-13(14)16(17)20-15/h2-5,12,18H,6-11H2,1H3,(H2,17,19,20). The topological polar surface area (TPSA) is 67.1 Å². The van der Waals surface area contributed by atoms with Crippen molar-refractivity contribution in [3.63, 3.8) is 0 Å². The Kier molecular flexibility index (Phi) is 4.31. The maximum absolute atomic E-state index is 6.04. The number of aromatic nitrogens is 2. The quantitative estimate of drug-likeness (QED) is 0.894. The Morgan fingerprint density at radius 1 is 1.24 bits per heavy atom. The number of nitrogens with two attached hydrogens (primary N) is 1. The predicted octanol–water partition coefficient (Wildman–Crippen LogP) is 1.64. The second-order valence-electron chi connectivity index (χ2n) is 5.93. The first-order chi connectivity index (χ1) is 10.2. The molecule has 2 aromatic rings. The fourth-order valence-electron chi connectivity index (χ4n) is 3.03. The van der Waals surface area contributed by atoms with Crippen molar-refractivity contribution in [2.24, 2.45) is 5.92 Å². The third-order valence-electron chi connectivity index (χ3n) is 4.12. The number of piperidine rings is 1. The van der Waals surface area contributed by atoms with E-state index in [9.17, 15) is 0 Å². The zero-order valence-electron chi connectivity index (χ0n) is 12.5. The van der Waals surface area contributed by atoms with Gasteiger partial charge in [-0.3, -0.25) is 4.90 Å². The summed E-state index contributed by atoms with van der Waals surface area (Å²) in [6, 6.07) is 7.90. The highest BCUT2D eigenvalue weighted by atomic mass is 15.1. The van der Waals surface area contributed by atoms with E-state index < -0.39 is 0 Å². The minimum absolute atomic E-state index is 0.575. The fourth-order valence-corrected chi connectivity index (χ4v) is 3.03. The van der Waals surface area contributed by atoms with Crippen molar-refractivity contribution in [1.29, 1.82) is 0 Å². The van der Waals surface area contributed by atoms with E-state index in [-0.39, 0.29) is 0 Å². The Labute approximate surface area is 125 Å². The molecule has 0 bridgehead atoms. The molecule has 0 amide bonds. The van der Waals surface area contributed by atoms with E-state index in [0.29, 0.717) is 5.82 Å². The first kappa shape index (κ1) is 14.2. The van der Waals surface area contributed by atoms with E-state index in [1.54, 1.807) is 0 Å². The largest absolute Gasteiger partial charge is 0.383 e. The first-order valence-electron chi connectivity index (χ1n) is 7.63. The number of anilines is 1. The maximum Gasteiger partial charge on any atom is 0.145 e. The maximum atomic E-state index is 6.04. The molecule has 1 saturated heterocycles. The van der Waals surface area contributed by atoms with Gasteiger partial charge in [-0.05, 0) is 51.0 Å². The molecule has 0 saturated carbocycles. The Hall–Kier alpha value is -1.72. The molecule has 2 heterocycles. The molecule has 3 rings (SSSR count). The molecule has 1 aromatic heterocycles. The van der Waals surface area contributed by atoms with Crippen molar-refractivity contribution in [3.8, 4) is 0 Å². The van der Waals surface area contributed by atoms with Crippen LogP contribution in [0.1, 0.15) is 18.7 Å². The van der Waals surface area contributed by atoms with Gasteiger partial charge in [0, 0.05) is 11.9 Å². The Morgan fingerprint density at radius 3 is 2.81 bits per heavy atom. The zero-order chi connectivity index (χ0) is 14.7. The van der Waals surface area contributed by atoms with E-state index in [1.807, 2.05) is 24.3 Å². The number of para-hydroxylation sites is 1. The number of hydrogen-bond acceptors (Lipinski definition) is 5. The molecular weight excluding hydrogens is 262 g/mol. The monoisotopic (exact) mass is 285 g/mol. The Morgan fingerprint density at radius 2 is 2.00 bits per heavy atom. The molecule has 0 spiro atoms. The van der Waals surface area contributed by atoms with E-state index in [4.69, 9.17) is 5.73 Å². The minimum Gasteiger partial charge on any atom is -0.383 e. The third-order valence-corrected chi connectivity index (χ3v) is 4.12. The fraction of sp³-hybridized carbons (Fsp3) is 0.500. The van der Waals surface area contributed by atoms with E-state index >= 15 is 0 Å². The molecule has 0 unspecified atom stereocenters. The summed E-state index contributed by atoms with van der Waals surface area (Å²) < 4.78 is 0. The molecule has 0 radical (unpaired) electrons. The van der Waals surface area contributed by atoms with Crippen molar-refractivity contribution in [2.75, 3.05) is 32.4 Å². The van der Waals surface area contributed by atoms with Gasteiger partial charge >= 0.3 is 0 Å². The highest BCUT2D eigenvalue weighted by Crippen LogP contribution is 2.18. The second kappa shape index (κ2) is 6.37. The number of nitrogens with zero attached hydrogens (tertiary/aromatic N) is 3. The van der Waals surface area contributed by atoms with Gasteiger partial charge in [-0.15, -0.1) is 0 Å². The summed E-state index contributed by atoms with van der Waals surface area (Å²) in [7, 11) is 2.14. The summed E-state index contributed by atoms with van der Waals surface area (Å²) in [4.78, 5) is 11.4. The number of rotatable bonds is 4. The van der Waals surface area contributed by atoms with Crippen LogP contribution in [0.5, 0.6) is 0 Å². The van der Waals surface area contributed by atoms with Gasteiger partial charge in [-0.25, -0.2) is 9.97 Å². The van der Waals surface area contributed by atoms with Gasteiger partial charge in [0.15, 0.2) is 0 Å². The molecular formula is C16H23N5. The second-order valence-corrected chi connectivity index (χ2v) is 5.93. The van der Waals surface area contributed by atoms with Gasteiger partial charge in [0.1, 0.15) is 11.6 Å². The smallest absolute Gasteiger partial charge is 0.145 e. The summed E-state index contributed by atoms with van der Waals surface area (Å²) >= 11 is 0. The van der Waals surface area contributed by atoms with E-state index in [0.717, 1.165) is 48.8 Å². The minimum atomic E-state index is 0.575. The predicted molar refractivity (Wildman–Crippen MR) is 85.9 cm³/mol. The van der Waals surface area contributed by atoms with Crippen molar-refractivity contribution in [3.05, 3.63) is 30.1 Å². The van der Waals surface area contributed by atoms with Crippen molar-refractivity contribution in [1.82, 2.24) is 20.2 Å². The highest BCUT2D eigenvalue weighted by molar-refractivity contribution is 5.87. The summed E-state index contributed by atoms with van der Waals surface area (Å²) in [6.07, 6.45) is 2.51. The molecule has 5 nitrogen and oxygen atoms in total. The van der Waals surface area contributed by atoms with Crippen molar-refractivity contribution < 1.29 is 0 Å². The lowest BCUT2D eigenvalue weighted by Crippen LogP contribution is -2.34. The van der Waals surface area contributed by atoms with Gasteiger partial charge in [0.25, 0.3) is 0 Å². The van der Waals surface area contributed by atoms with Crippen LogP contribution in [0.3, 0.4) is 0 Å². The van der Waals surface area contributed by atoms with Gasteiger partial charge in [0.2, 0.25) is 0 Å². The summed E-state index contributed by atoms with van der Waals surface area (Å²) in [5.74, 6) is 2.16. The lowest BCUT2D eigenvalue weighted by atomic mass is 9.98. The number of nitrogens with one attached hydrogen (secondary N) is 1. The van der Waals surface area contributed by atoms with Gasteiger partial charge in [-0.2, -0.15) is 0 Å². The Balaban J connectivity index is 1.69. The van der Waals surface area contributed by atoms with Gasteiger partial charge < -0.3 is 11.1 Å². The average Bonchev–Trinajstić information content (AvgIpc) is 2.48. The van der Waals surface area contributed by atoms with Crippen LogP contribution in [0, 0.1) is 5.92 Å². The Bertz CT molecular complexity index is 607. The molecule has 112 valence electrons. The van der Waals surface area contributed by atoms with Crippen molar-refractivity contribution in [2.45, 2.75) is 19.4 Å². The van der Waals surface area contributed by atoms with Crippen LogP contribution >= 0.6 is 0 Å². The van der Waals surface area contributed by atoms with Gasteiger partial charge in [0.05, 0.1) is 12.1 Å². The number of hydrogen-bond donors (Lipinski definition) is 2. The van der Waals surface area contributed by atoms with Crippen LogP contribution in [0.2, 0.25) is 0 Å². The molecule has 0 aliphatic carbocycles. The lowest BCUT2D eigenvalue weighted by molar-refractivity contribution is 0.231. The number of fused-ring (bicyclic) bond motifs is 1. The number of nitrogen functional groups attached to an aromatic ring is 1. The van der Waals surface area contributed by atoms with Crippen LogP contribution in [0.25, 0.3) is 10.9 Å². The molecule has 1 fully saturated rings. The molecule has 1 aromatic carbocycles. The SMILES string of the molecule is CN(Cc1nc(N)c2ccccc2n1)CC1CCNCC1. The molecule has 21 heavy (non-hydrogen) atoms. The third kappa shape index (κ3) is 3.49. The summed E-state index contributed by atoms with van der Waals surface area (Å²) in [5.41, 5.74) is 6.97. The molecule has 1 aliphatic rings.